The van der Waals surface area contributed by atoms with Crippen LogP contribution < -0.4 is 10.6 Å². The van der Waals surface area contributed by atoms with Gasteiger partial charge in [-0.05, 0) is 48.9 Å². The van der Waals surface area contributed by atoms with Crippen molar-refractivity contribution in [3.05, 3.63) is 54.3 Å². The fourth-order valence-corrected chi connectivity index (χ4v) is 2.86. The number of carbonyl (C=O) groups is 2. The molecule has 0 spiro atoms. The number of nitrogens with one attached hydrogen (secondary N) is 2. The summed E-state index contributed by atoms with van der Waals surface area (Å²) in [7, 11) is 0. The maximum absolute atomic E-state index is 12.8. The molecule has 2 aromatic carbocycles. The molecule has 0 saturated carbocycles. The highest BCUT2D eigenvalue weighted by Gasteiger charge is 2.06. The largest absolute Gasteiger partial charge is 0.326 e. The molecule has 0 radical (unpaired) electrons. The number of rotatable bonds is 8. The summed E-state index contributed by atoms with van der Waals surface area (Å²) in [5.41, 5.74) is 1.29. The zero-order chi connectivity index (χ0) is 18.1. The highest BCUT2D eigenvalue weighted by molar-refractivity contribution is 8.00. The third-order valence-electron chi connectivity index (χ3n) is 3.37. The Labute approximate surface area is 151 Å². The van der Waals surface area contributed by atoms with Crippen LogP contribution in [0, 0.1) is 5.82 Å². The van der Waals surface area contributed by atoms with E-state index in [4.69, 9.17) is 0 Å². The second-order valence-corrected chi connectivity index (χ2v) is 6.57. The molecule has 2 amide bonds. The SMILES string of the molecule is CCCCC(=O)Nc1cccc(SCC(=O)Nc2ccc(F)cc2)c1. The Morgan fingerprint density at radius 3 is 2.44 bits per heavy atom. The highest BCUT2D eigenvalue weighted by Crippen LogP contribution is 2.22. The fourth-order valence-electron chi connectivity index (χ4n) is 2.10. The summed E-state index contributed by atoms with van der Waals surface area (Å²) in [6, 6.07) is 13.0. The molecule has 0 bridgehead atoms. The molecule has 0 aliphatic carbocycles. The van der Waals surface area contributed by atoms with E-state index >= 15 is 0 Å². The first kappa shape index (κ1) is 19.0. The van der Waals surface area contributed by atoms with E-state index in [-0.39, 0.29) is 23.4 Å². The zero-order valence-corrected chi connectivity index (χ0v) is 14.9. The third kappa shape index (κ3) is 6.97. The Morgan fingerprint density at radius 2 is 1.72 bits per heavy atom. The van der Waals surface area contributed by atoms with Gasteiger partial charge in [0.05, 0.1) is 5.75 Å². The molecule has 0 atom stereocenters. The van der Waals surface area contributed by atoms with Crippen LogP contribution in [0.1, 0.15) is 26.2 Å². The molecule has 4 nitrogen and oxygen atoms in total. The predicted octanol–water partition coefficient (Wildman–Crippen LogP) is 4.69. The average Bonchev–Trinajstić information content (AvgIpc) is 2.60. The normalized spacial score (nSPS) is 10.3. The van der Waals surface area contributed by atoms with Gasteiger partial charge in [0.1, 0.15) is 5.82 Å². The minimum absolute atomic E-state index is 0.00180. The Hall–Kier alpha value is -2.34. The van der Waals surface area contributed by atoms with Crippen LogP contribution in [-0.2, 0) is 9.59 Å². The van der Waals surface area contributed by atoms with Gasteiger partial charge in [0.15, 0.2) is 0 Å². The molecule has 25 heavy (non-hydrogen) atoms. The van der Waals surface area contributed by atoms with Crippen molar-refractivity contribution in [3.8, 4) is 0 Å². The summed E-state index contributed by atoms with van der Waals surface area (Å²) >= 11 is 1.37. The molecule has 2 rings (SSSR count). The van der Waals surface area contributed by atoms with Gasteiger partial charge in [-0.3, -0.25) is 9.59 Å². The molecular formula is C19H21FN2O2S. The summed E-state index contributed by atoms with van der Waals surface area (Å²) in [6.07, 6.45) is 2.35. The molecule has 0 heterocycles. The minimum Gasteiger partial charge on any atom is -0.326 e. The van der Waals surface area contributed by atoms with Crippen molar-refractivity contribution >= 4 is 35.0 Å². The molecule has 0 saturated heterocycles. The van der Waals surface area contributed by atoms with E-state index in [0.717, 1.165) is 23.4 Å². The molecule has 0 aliphatic heterocycles. The van der Waals surface area contributed by atoms with Crippen molar-refractivity contribution in [2.24, 2.45) is 0 Å². The summed E-state index contributed by atoms with van der Waals surface area (Å²) < 4.78 is 12.8. The van der Waals surface area contributed by atoms with Crippen LogP contribution in [0.2, 0.25) is 0 Å². The number of thioether (sulfide) groups is 1. The third-order valence-corrected chi connectivity index (χ3v) is 4.37. The van der Waals surface area contributed by atoms with E-state index in [0.29, 0.717) is 12.1 Å². The number of halogens is 1. The van der Waals surface area contributed by atoms with E-state index in [9.17, 15) is 14.0 Å². The van der Waals surface area contributed by atoms with Gasteiger partial charge in [0, 0.05) is 22.7 Å². The van der Waals surface area contributed by atoms with Crippen LogP contribution in [0.5, 0.6) is 0 Å². The predicted molar refractivity (Wildman–Crippen MR) is 100 cm³/mol. The van der Waals surface area contributed by atoms with Crippen LogP contribution in [-0.4, -0.2) is 17.6 Å². The number of unbranched alkanes of at least 4 members (excludes halogenated alkanes) is 1. The maximum atomic E-state index is 12.8. The van der Waals surface area contributed by atoms with Gasteiger partial charge in [-0.15, -0.1) is 11.8 Å². The monoisotopic (exact) mass is 360 g/mol. The van der Waals surface area contributed by atoms with E-state index in [1.165, 1.54) is 36.0 Å². The summed E-state index contributed by atoms with van der Waals surface area (Å²) in [6.45, 7) is 2.04. The minimum atomic E-state index is -0.342. The van der Waals surface area contributed by atoms with Crippen molar-refractivity contribution in [1.82, 2.24) is 0 Å². The van der Waals surface area contributed by atoms with E-state index in [1.807, 2.05) is 31.2 Å². The Kier molecular flexibility index (Phi) is 7.47. The Morgan fingerprint density at radius 1 is 1.00 bits per heavy atom. The molecule has 0 unspecified atom stereocenters. The van der Waals surface area contributed by atoms with Crippen molar-refractivity contribution in [3.63, 3.8) is 0 Å². The van der Waals surface area contributed by atoms with Crippen LogP contribution in [0.4, 0.5) is 15.8 Å². The first-order chi connectivity index (χ1) is 12.1. The molecule has 132 valence electrons. The van der Waals surface area contributed by atoms with Gasteiger partial charge in [0.25, 0.3) is 0 Å². The molecule has 2 N–H and O–H groups in total. The number of amides is 2. The van der Waals surface area contributed by atoms with E-state index < -0.39 is 0 Å². The number of hydrogen-bond donors (Lipinski definition) is 2. The Balaban J connectivity index is 1.83. The molecule has 0 fully saturated rings. The van der Waals surface area contributed by atoms with E-state index in [1.54, 1.807) is 0 Å². The molecular weight excluding hydrogens is 339 g/mol. The smallest absolute Gasteiger partial charge is 0.234 e. The van der Waals surface area contributed by atoms with E-state index in [2.05, 4.69) is 10.6 Å². The number of carbonyl (C=O) groups excluding carboxylic acids is 2. The van der Waals surface area contributed by atoms with Crippen LogP contribution >= 0.6 is 11.8 Å². The van der Waals surface area contributed by atoms with Gasteiger partial charge in [-0.2, -0.15) is 0 Å². The van der Waals surface area contributed by atoms with Gasteiger partial charge < -0.3 is 10.6 Å². The lowest BCUT2D eigenvalue weighted by Gasteiger charge is -2.08. The van der Waals surface area contributed by atoms with Crippen molar-refractivity contribution in [1.29, 1.82) is 0 Å². The van der Waals surface area contributed by atoms with Crippen LogP contribution in [0.3, 0.4) is 0 Å². The molecule has 0 aliphatic rings. The van der Waals surface area contributed by atoms with Gasteiger partial charge in [-0.25, -0.2) is 4.39 Å². The highest BCUT2D eigenvalue weighted by atomic mass is 32.2. The summed E-state index contributed by atoms with van der Waals surface area (Å²) in [5, 5.41) is 5.57. The number of benzene rings is 2. The molecule has 0 aromatic heterocycles. The fraction of sp³-hybridized carbons (Fsp3) is 0.263. The van der Waals surface area contributed by atoms with Gasteiger partial charge in [-0.1, -0.05) is 19.4 Å². The van der Waals surface area contributed by atoms with Gasteiger partial charge >= 0.3 is 0 Å². The standard InChI is InChI=1S/C19H21FN2O2S/c1-2-3-7-18(23)22-16-5-4-6-17(12-16)25-13-19(24)21-15-10-8-14(20)9-11-15/h4-6,8-12H,2-3,7,13H2,1H3,(H,21,24)(H,22,23). The van der Waals surface area contributed by atoms with Crippen molar-refractivity contribution < 1.29 is 14.0 Å². The first-order valence-corrected chi connectivity index (χ1v) is 9.13. The summed E-state index contributed by atoms with van der Waals surface area (Å²) in [5.74, 6) is -0.290. The zero-order valence-electron chi connectivity index (χ0n) is 14.0. The molecule has 2 aromatic rings. The number of anilines is 2. The lowest BCUT2D eigenvalue weighted by molar-refractivity contribution is -0.116. The molecule has 6 heteroatoms. The number of hydrogen-bond acceptors (Lipinski definition) is 3. The quantitative estimate of drug-likeness (QED) is 0.672. The lowest BCUT2D eigenvalue weighted by Crippen LogP contribution is -2.14. The van der Waals surface area contributed by atoms with Crippen LogP contribution in [0.15, 0.2) is 53.4 Å². The second-order valence-electron chi connectivity index (χ2n) is 5.52. The first-order valence-electron chi connectivity index (χ1n) is 8.15. The maximum Gasteiger partial charge on any atom is 0.234 e. The lowest BCUT2D eigenvalue weighted by atomic mass is 10.2. The Bertz CT molecular complexity index is 720. The van der Waals surface area contributed by atoms with Crippen LogP contribution in [0.25, 0.3) is 0 Å². The topological polar surface area (TPSA) is 58.2 Å². The second kappa shape index (κ2) is 9.84. The van der Waals surface area contributed by atoms with Gasteiger partial charge in [0.2, 0.25) is 11.8 Å². The van der Waals surface area contributed by atoms with Crippen molar-refractivity contribution in [2.45, 2.75) is 31.1 Å². The average molecular weight is 360 g/mol. The van der Waals surface area contributed by atoms with Crippen molar-refractivity contribution in [2.75, 3.05) is 16.4 Å². The summed E-state index contributed by atoms with van der Waals surface area (Å²) in [4.78, 5) is 24.6.